The quantitative estimate of drug-likeness (QED) is 0.746. The summed E-state index contributed by atoms with van der Waals surface area (Å²) in [7, 11) is 0. The van der Waals surface area contributed by atoms with Gasteiger partial charge in [-0.3, -0.25) is 0 Å². The van der Waals surface area contributed by atoms with Crippen LogP contribution in [0.2, 0.25) is 0 Å². The van der Waals surface area contributed by atoms with Gasteiger partial charge >= 0.3 is 6.03 Å². The van der Waals surface area contributed by atoms with Gasteiger partial charge in [-0.1, -0.05) is 6.42 Å². The number of nitrogens with one attached hydrogen (secondary N) is 2. The largest absolute Gasteiger partial charge is 0.491 e. The molecule has 2 fully saturated rings. The predicted octanol–water partition coefficient (Wildman–Crippen LogP) is 3.29. The number of urea groups is 1. The molecule has 3 N–H and O–H groups in total. The molecule has 0 spiro atoms. The Morgan fingerprint density at radius 1 is 1.25 bits per heavy atom. The van der Waals surface area contributed by atoms with Gasteiger partial charge in [0, 0.05) is 12.6 Å². The Balaban J connectivity index is 1.51. The van der Waals surface area contributed by atoms with Crippen molar-refractivity contribution >= 4 is 11.7 Å². The number of aliphatic hydroxyl groups is 1. The fourth-order valence-electron chi connectivity index (χ4n) is 3.06. The molecule has 0 heterocycles. The molecule has 6 heteroatoms. The van der Waals surface area contributed by atoms with Crippen LogP contribution in [0.15, 0.2) is 18.2 Å². The average molecular weight is 336 g/mol. The van der Waals surface area contributed by atoms with E-state index in [0.29, 0.717) is 36.4 Å². The number of carbonyl (C=O) groups is 1. The Morgan fingerprint density at radius 2 is 2.08 bits per heavy atom. The zero-order chi connectivity index (χ0) is 16.9. The molecule has 2 aliphatic carbocycles. The minimum absolute atomic E-state index is 0.256. The van der Waals surface area contributed by atoms with E-state index in [1.807, 2.05) is 0 Å². The molecule has 2 amide bonds. The smallest absolute Gasteiger partial charge is 0.319 e. The van der Waals surface area contributed by atoms with Gasteiger partial charge in [-0.2, -0.15) is 0 Å². The van der Waals surface area contributed by atoms with Crippen molar-refractivity contribution in [2.75, 3.05) is 18.5 Å². The predicted molar refractivity (Wildman–Crippen MR) is 89.6 cm³/mol. The molecule has 0 saturated heterocycles. The molecule has 2 unspecified atom stereocenters. The number of benzene rings is 1. The molecule has 0 aromatic heterocycles. The fraction of sp³-hybridized carbons (Fsp3) is 0.611. The number of aliphatic hydroxyl groups excluding tert-OH is 1. The van der Waals surface area contributed by atoms with E-state index in [4.69, 9.17) is 4.74 Å². The molecule has 2 aliphatic rings. The number of rotatable bonds is 6. The summed E-state index contributed by atoms with van der Waals surface area (Å²) < 4.78 is 19.1. The Kier molecular flexibility index (Phi) is 5.56. The number of carbonyl (C=O) groups excluding carboxylic acids is 1. The van der Waals surface area contributed by atoms with Crippen LogP contribution in [0.1, 0.15) is 38.5 Å². The van der Waals surface area contributed by atoms with E-state index in [2.05, 4.69) is 10.6 Å². The normalized spacial score (nSPS) is 23.6. The zero-order valence-corrected chi connectivity index (χ0v) is 13.8. The van der Waals surface area contributed by atoms with E-state index >= 15 is 0 Å². The van der Waals surface area contributed by atoms with E-state index in [0.717, 1.165) is 38.5 Å². The highest BCUT2D eigenvalue weighted by molar-refractivity contribution is 5.90. The van der Waals surface area contributed by atoms with Crippen molar-refractivity contribution in [3.63, 3.8) is 0 Å². The van der Waals surface area contributed by atoms with E-state index in [1.54, 1.807) is 0 Å². The number of halogens is 1. The first-order valence-electron chi connectivity index (χ1n) is 8.75. The molecular formula is C18H25FN2O3. The molecule has 0 bridgehead atoms. The Hall–Kier alpha value is -1.82. The van der Waals surface area contributed by atoms with Gasteiger partial charge in [0.1, 0.15) is 11.6 Å². The number of hydrogen-bond acceptors (Lipinski definition) is 3. The van der Waals surface area contributed by atoms with Crippen molar-refractivity contribution < 1.29 is 19.0 Å². The average Bonchev–Trinajstić information content (AvgIpc) is 3.37. The third kappa shape index (κ3) is 5.09. The second-order valence-electron chi connectivity index (χ2n) is 6.92. The van der Waals surface area contributed by atoms with Gasteiger partial charge in [-0.05, 0) is 56.1 Å². The Labute approximate surface area is 141 Å². The SMILES string of the molecule is O=C(NCC1CCCC(O)C1)Nc1ccc(F)cc1OCC1CC1. The van der Waals surface area contributed by atoms with Crippen molar-refractivity contribution in [1.82, 2.24) is 5.32 Å². The Morgan fingerprint density at radius 3 is 2.83 bits per heavy atom. The van der Waals surface area contributed by atoms with E-state index in [-0.39, 0.29) is 18.0 Å². The van der Waals surface area contributed by atoms with Crippen molar-refractivity contribution in [3.05, 3.63) is 24.0 Å². The first kappa shape index (κ1) is 17.0. The number of hydrogen-bond donors (Lipinski definition) is 3. The molecule has 1 aromatic rings. The molecule has 132 valence electrons. The highest BCUT2D eigenvalue weighted by atomic mass is 19.1. The summed E-state index contributed by atoms with van der Waals surface area (Å²) >= 11 is 0. The first-order chi connectivity index (χ1) is 11.6. The van der Waals surface area contributed by atoms with Gasteiger partial charge in [0.2, 0.25) is 0 Å². The number of amides is 2. The maximum atomic E-state index is 13.4. The van der Waals surface area contributed by atoms with Gasteiger partial charge < -0.3 is 20.5 Å². The maximum Gasteiger partial charge on any atom is 0.319 e. The minimum atomic E-state index is -0.386. The molecule has 3 rings (SSSR count). The summed E-state index contributed by atoms with van der Waals surface area (Å²) in [4.78, 5) is 12.1. The van der Waals surface area contributed by atoms with Gasteiger partial charge in [-0.15, -0.1) is 0 Å². The monoisotopic (exact) mass is 336 g/mol. The lowest BCUT2D eigenvalue weighted by Gasteiger charge is -2.26. The van der Waals surface area contributed by atoms with Crippen LogP contribution in [-0.4, -0.2) is 30.4 Å². The second-order valence-corrected chi connectivity index (χ2v) is 6.92. The summed E-state index contributed by atoms with van der Waals surface area (Å²) in [6.07, 6.45) is 5.62. The second kappa shape index (κ2) is 7.83. The number of anilines is 1. The van der Waals surface area contributed by atoms with Gasteiger partial charge in [0.05, 0.1) is 18.4 Å². The van der Waals surface area contributed by atoms with Gasteiger partial charge in [-0.25, -0.2) is 9.18 Å². The highest BCUT2D eigenvalue weighted by Gasteiger charge is 2.23. The lowest BCUT2D eigenvalue weighted by Crippen LogP contribution is -2.35. The van der Waals surface area contributed by atoms with Crippen LogP contribution in [0.3, 0.4) is 0 Å². The van der Waals surface area contributed by atoms with Gasteiger partial charge in [0.25, 0.3) is 0 Å². The summed E-state index contributed by atoms with van der Waals surface area (Å²) in [5, 5.41) is 15.2. The molecule has 0 radical (unpaired) electrons. The molecule has 2 atom stereocenters. The fourth-order valence-corrected chi connectivity index (χ4v) is 3.06. The molecular weight excluding hydrogens is 311 g/mol. The number of ether oxygens (including phenoxy) is 1. The summed E-state index contributed by atoms with van der Waals surface area (Å²) in [5.41, 5.74) is 0.471. The van der Waals surface area contributed by atoms with Crippen molar-refractivity contribution in [2.45, 2.75) is 44.6 Å². The van der Waals surface area contributed by atoms with E-state index in [1.165, 1.54) is 18.2 Å². The summed E-state index contributed by atoms with van der Waals surface area (Å²) in [6, 6.07) is 3.78. The highest BCUT2D eigenvalue weighted by Crippen LogP contribution is 2.32. The van der Waals surface area contributed by atoms with Crippen LogP contribution >= 0.6 is 0 Å². The van der Waals surface area contributed by atoms with Crippen LogP contribution in [0, 0.1) is 17.7 Å². The lowest BCUT2D eigenvalue weighted by atomic mass is 9.87. The van der Waals surface area contributed by atoms with Crippen molar-refractivity contribution in [2.24, 2.45) is 11.8 Å². The first-order valence-corrected chi connectivity index (χ1v) is 8.75. The lowest BCUT2D eigenvalue weighted by molar-refractivity contribution is 0.101. The Bertz CT molecular complexity index is 577. The molecule has 5 nitrogen and oxygen atoms in total. The zero-order valence-electron chi connectivity index (χ0n) is 13.8. The van der Waals surface area contributed by atoms with Crippen molar-refractivity contribution in [3.8, 4) is 5.75 Å². The third-order valence-corrected chi connectivity index (χ3v) is 4.67. The summed E-state index contributed by atoms with van der Waals surface area (Å²) in [5.74, 6) is 0.832. The molecule has 24 heavy (non-hydrogen) atoms. The molecule has 2 saturated carbocycles. The van der Waals surface area contributed by atoms with Crippen LogP contribution in [0.4, 0.5) is 14.9 Å². The topological polar surface area (TPSA) is 70.6 Å². The standard InChI is InChI=1S/C18H25FN2O3/c19-14-6-7-16(17(9-14)24-11-12-4-5-12)21-18(23)20-10-13-2-1-3-15(22)8-13/h6-7,9,12-13,15,22H,1-5,8,10-11H2,(H2,20,21,23). The molecule has 1 aromatic carbocycles. The van der Waals surface area contributed by atoms with E-state index < -0.39 is 0 Å². The van der Waals surface area contributed by atoms with Crippen LogP contribution in [0.25, 0.3) is 0 Å². The van der Waals surface area contributed by atoms with Crippen LogP contribution in [-0.2, 0) is 0 Å². The minimum Gasteiger partial charge on any atom is -0.491 e. The van der Waals surface area contributed by atoms with Crippen molar-refractivity contribution in [1.29, 1.82) is 0 Å². The maximum absolute atomic E-state index is 13.4. The summed E-state index contributed by atoms with van der Waals surface area (Å²) in [6.45, 7) is 1.09. The van der Waals surface area contributed by atoms with Gasteiger partial charge in [0.15, 0.2) is 0 Å². The van der Waals surface area contributed by atoms with Crippen LogP contribution < -0.4 is 15.4 Å². The molecule has 0 aliphatic heterocycles. The van der Waals surface area contributed by atoms with E-state index in [9.17, 15) is 14.3 Å². The third-order valence-electron chi connectivity index (χ3n) is 4.67. The van der Waals surface area contributed by atoms with Crippen LogP contribution in [0.5, 0.6) is 5.75 Å².